The van der Waals surface area contributed by atoms with Crippen molar-refractivity contribution in [2.24, 2.45) is 5.92 Å². The highest BCUT2D eigenvalue weighted by Crippen LogP contribution is 2.34. The number of carbonyl (C=O) groups is 1. The Hall–Kier alpha value is -3.08. The maximum atomic E-state index is 13.1. The molecule has 0 aliphatic rings. The van der Waals surface area contributed by atoms with Gasteiger partial charge in [0.25, 0.3) is 10.0 Å². The first-order valence-electron chi connectivity index (χ1n) is 9.99. The average Bonchev–Trinajstić information content (AvgIpc) is 3.10. The van der Waals surface area contributed by atoms with Gasteiger partial charge in [0.05, 0.1) is 10.6 Å². The minimum atomic E-state index is -3.92. The van der Waals surface area contributed by atoms with Gasteiger partial charge in [-0.2, -0.15) is 0 Å². The van der Waals surface area contributed by atoms with Crippen LogP contribution in [-0.4, -0.2) is 29.4 Å². The van der Waals surface area contributed by atoms with Crippen LogP contribution in [0.3, 0.4) is 0 Å². The number of pyridine rings is 1. The molecule has 1 aromatic carbocycles. The van der Waals surface area contributed by atoms with Crippen molar-refractivity contribution in [2.75, 3.05) is 10.5 Å². The molecule has 0 radical (unpaired) electrons. The van der Waals surface area contributed by atoms with Gasteiger partial charge in [-0.15, -0.1) is 21.5 Å². The maximum absolute atomic E-state index is 13.1. The molecule has 11 heteroatoms. The first kappa shape index (κ1) is 23.1. The molecule has 170 valence electrons. The van der Waals surface area contributed by atoms with Gasteiger partial charge in [0, 0.05) is 16.6 Å². The molecule has 3 aromatic heterocycles. The molecule has 0 aliphatic heterocycles. The number of carbonyl (C=O) groups excluding carboxylic acids is 1. The average molecular weight is 502 g/mol. The van der Waals surface area contributed by atoms with Crippen LogP contribution < -0.4 is 10.5 Å². The minimum absolute atomic E-state index is 0.0277. The van der Waals surface area contributed by atoms with Crippen LogP contribution in [0.4, 0.5) is 11.5 Å². The molecule has 0 bridgehead atoms. The summed E-state index contributed by atoms with van der Waals surface area (Å²) in [5.41, 5.74) is 7.89. The highest BCUT2D eigenvalue weighted by molar-refractivity contribution is 7.92. The Morgan fingerprint density at radius 3 is 2.45 bits per heavy atom. The smallest absolute Gasteiger partial charge is 0.263 e. The monoisotopic (exact) mass is 501 g/mol. The zero-order valence-electron chi connectivity index (χ0n) is 17.7. The van der Waals surface area contributed by atoms with Crippen LogP contribution in [0.15, 0.2) is 53.4 Å². The van der Waals surface area contributed by atoms with Crippen molar-refractivity contribution in [3.05, 3.63) is 69.8 Å². The van der Waals surface area contributed by atoms with E-state index >= 15 is 0 Å². The zero-order chi connectivity index (χ0) is 23.8. The zero-order valence-corrected chi connectivity index (χ0v) is 20.1. The number of anilines is 2. The molecule has 0 amide bonds. The lowest BCUT2D eigenvalue weighted by molar-refractivity contribution is 0.104. The number of ketones is 1. The second-order valence-corrected chi connectivity index (χ2v) is 10.9. The van der Waals surface area contributed by atoms with Crippen LogP contribution in [0.2, 0.25) is 5.15 Å². The molecule has 4 aromatic rings. The summed E-state index contributed by atoms with van der Waals surface area (Å²) in [5, 5.41) is 8.17. The van der Waals surface area contributed by atoms with Gasteiger partial charge < -0.3 is 5.73 Å². The van der Waals surface area contributed by atoms with Crippen LogP contribution in [0, 0.1) is 5.92 Å². The van der Waals surface area contributed by atoms with Crippen molar-refractivity contribution in [3.8, 4) is 0 Å². The fourth-order valence-electron chi connectivity index (χ4n) is 3.22. The summed E-state index contributed by atoms with van der Waals surface area (Å²) in [6, 6.07) is 12.2. The third-order valence-electron chi connectivity index (χ3n) is 4.77. The molecule has 0 saturated heterocycles. The van der Waals surface area contributed by atoms with Crippen LogP contribution in [0.25, 0.3) is 10.2 Å². The Kier molecular flexibility index (Phi) is 6.33. The Labute approximate surface area is 199 Å². The summed E-state index contributed by atoms with van der Waals surface area (Å²) in [6.07, 6.45) is 0.836. The molecule has 0 saturated carbocycles. The SMILES string of the molecule is CC(C)Cc1ccc2c(N)c(C(=O)c3ccc(S(=O)(=O)Nc4ccc(Cl)nn4)cc3)sc2n1. The van der Waals surface area contributed by atoms with Crippen LogP contribution >= 0.6 is 22.9 Å². The minimum Gasteiger partial charge on any atom is -0.397 e. The van der Waals surface area contributed by atoms with Crippen molar-refractivity contribution in [2.45, 2.75) is 25.2 Å². The number of benzene rings is 1. The largest absolute Gasteiger partial charge is 0.397 e. The number of halogens is 1. The highest BCUT2D eigenvalue weighted by atomic mass is 35.5. The van der Waals surface area contributed by atoms with E-state index in [9.17, 15) is 13.2 Å². The summed E-state index contributed by atoms with van der Waals surface area (Å²) in [5.74, 6) is 0.202. The Morgan fingerprint density at radius 2 is 1.82 bits per heavy atom. The number of nitrogen functional groups attached to an aromatic ring is 1. The standard InChI is InChI=1S/C22H20ClN5O3S2/c1-12(2)11-14-5-8-16-19(24)21(32-22(16)25-14)20(29)13-3-6-15(7-4-13)33(30,31)28-18-10-9-17(23)26-27-18/h3-10,12H,11,24H2,1-2H3,(H,27,28). The van der Waals surface area contributed by atoms with Crippen molar-refractivity contribution < 1.29 is 13.2 Å². The van der Waals surface area contributed by atoms with E-state index in [1.165, 1.54) is 47.7 Å². The number of hydrogen-bond donors (Lipinski definition) is 2. The predicted molar refractivity (Wildman–Crippen MR) is 130 cm³/mol. The van der Waals surface area contributed by atoms with Crippen molar-refractivity contribution in [1.29, 1.82) is 0 Å². The number of nitrogens with two attached hydrogens (primary N) is 1. The third-order valence-corrected chi connectivity index (χ3v) is 7.46. The van der Waals surface area contributed by atoms with Gasteiger partial charge in [-0.25, -0.2) is 13.4 Å². The van der Waals surface area contributed by atoms with E-state index in [-0.39, 0.29) is 21.6 Å². The Morgan fingerprint density at radius 1 is 1.09 bits per heavy atom. The molecular weight excluding hydrogens is 482 g/mol. The molecule has 33 heavy (non-hydrogen) atoms. The van der Waals surface area contributed by atoms with E-state index in [1.807, 2.05) is 12.1 Å². The summed E-state index contributed by atoms with van der Waals surface area (Å²) >= 11 is 6.91. The van der Waals surface area contributed by atoms with E-state index in [0.717, 1.165) is 17.5 Å². The maximum Gasteiger partial charge on any atom is 0.263 e. The van der Waals surface area contributed by atoms with E-state index in [4.69, 9.17) is 17.3 Å². The van der Waals surface area contributed by atoms with E-state index < -0.39 is 10.0 Å². The number of nitrogens with zero attached hydrogens (tertiary/aromatic N) is 3. The number of rotatable bonds is 7. The quantitative estimate of drug-likeness (QED) is 0.355. The second kappa shape index (κ2) is 9.05. The van der Waals surface area contributed by atoms with E-state index in [0.29, 0.717) is 26.9 Å². The Balaban J connectivity index is 1.58. The summed E-state index contributed by atoms with van der Waals surface area (Å²) in [4.78, 5) is 18.8. The fourth-order valence-corrected chi connectivity index (χ4v) is 5.39. The molecular formula is C22H20ClN5O3S2. The summed E-state index contributed by atoms with van der Waals surface area (Å²) in [6.45, 7) is 4.23. The van der Waals surface area contributed by atoms with Gasteiger partial charge in [0.2, 0.25) is 5.78 Å². The molecule has 3 N–H and O–H groups in total. The van der Waals surface area contributed by atoms with Gasteiger partial charge in [0.15, 0.2) is 11.0 Å². The molecule has 0 aliphatic carbocycles. The van der Waals surface area contributed by atoms with Gasteiger partial charge in [-0.3, -0.25) is 9.52 Å². The summed E-state index contributed by atoms with van der Waals surface area (Å²) < 4.78 is 27.5. The molecule has 3 heterocycles. The van der Waals surface area contributed by atoms with Gasteiger partial charge in [-0.1, -0.05) is 25.4 Å². The van der Waals surface area contributed by atoms with E-state index in [1.54, 1.807) is 0 Å². The molecule has 8 nitrogen and oxygen atoms in total. The number of hydrogen-bond acceptors (Lipinski definition) is 8. The molecule has 0 spiro atoms. The van der Waals surface area contributed by atoms with Crippen LogP contribution in [0.5, 0.6) is 0 Å². The molecule has 0 unspecified atom stereocenters. The number of aromatic nitrogens is 3. The molecule has 0 fully saturated rings. The normalized spacial score (nSPS) is 11.8. The number of nitrogens with one attached hydrogen (secondary N) is 1. The number of fused-ring (bicyclic) bond motifs is 1. The van der Waals surface area contributed by atoms with Gasteiger partial charge in [0.1, 0.15) is 9.71 Å². The van der Waals surface area contributed by atoms with Gasteiger partial charge in [-0.05, 0) is 60.9 Å². The van der Waals surface area contributed by atoms with Gasteiger partial charge >= 0.3 is 0 Å². The van der Waals surface area contributed by atoms with Crippen LogP contribution in [-0.2, 0) is 16.4 Å². The number of sulfonamides is 1. The topological polar surface area (TPSA) is 128 Å². The first-order valence-corrected chi connectivity index (χ1v) is 12.7. The van der Waals surface area contributed by atoms with Crippen molar-refractivity contribution in [3.63, 3.8) is 0 Å². The van der Waals surface area contributed by atoms with E-state index in [2.05, 4.69) is 33.8 Å². The predicted octanol–water partition coefficient (Wildman–Crippen LogP) is 4.55. The Bertz CT molecular complexity index is 1430. The number of thiophene rings is 1. The fraction of sp³-hybridized carbons (Fsp3) is 0.182. The van der Waals surface area contributed by atoms with Crippen molar-refractivity contribution >= 4 is 60.5 Å². The van der Waals surface area contributed by atoms with Crippen LogP contribution in [0.1, 0.15) is 34.8 Å². The molecule has 4 rings (SSSR count). The lowest BCUT2D eigenvalue weighted by Crippen LogP contribution is -2.14. The first-order chi connectivity index (χ1) is 15.6. The summed E-state index contributed by atoms with van der Waals surface area (Å²) in [7, 11) is -3.92. The molecule has 0 atom stereocenters. The highest BCUT2D eigenvalue weighted by Gasteiger charge is 2.21. The second-order valence-electron chi connectivity index (χ2n) is 7.80. The lowest BCUT2D eigenvalue weighted by Gasteiger charge is -2.07. The third kappa shape index (κ3) is 4.97. The van der Waals surface area contributed by atoms with Crippen molar-refractivity contribution in [1.82, 2.24) is 15.2 Å². The lowest BCUT2D eigenvalue weighted by atomic mass is 10.1.